The first-order chi connectivity index (χ1) is 12.8. The third-order valence-corrected chi connectivity index (χ3v) is 5.74. The van der Waals surface area contributed by atoms with Gasteiger partial charge in [-0.15, -0.1) is 0 Å². The highest BCUT2D eigenvalue weighted by molar-refractivity contribution is 5.38. The lowest BCUT2D eigenvalue weighted by Gasteiger charge is -2.48. The fraction of sp³-hybridized carbons (Fsp3) is 0.579. The molecule has 5 rings (SSSR count). The lowest BCUT2D eigenvalue weighted by molar-refractivity contribution is 0.0246. The van der Waals surface area contributed by atoms with Gasteiger partial charge in [-0.1, -0.05) is 6.07 Å². The molecule has 2 saturated heterocycles. The second kappa shape index (κ2) is 6.98. The minimum atomic E-state index is 0.696. The first-order valence-electron chi connectivity index (χ1n) is 9.61. The fourth-order valence-corrected chi connectivity index (χ4v) is 4.22. The van der Waals surface area contributed by atoms with E-state index in [2.05, 4.69) is 42.6 Å². The van der Waals surface area contributed by atoms with Crippen molar-refractivity contribution in [3.05, 3.63) is 41.9 Å². The van der Waals surface area contributed by atoms with E-state index >= 15 is 0 Å². The molecule has 5 heterocycles. The van der Waals surface area contributed by atoms with E-state index in [1.807, 2.05) is 12.3 Å². The molecule has 3 aliphatic heterocycles. The van der Waals surface area contributed by atoms with Crippen molar-refractivity contribution < 1.29 is 4.74 Å². The summed E-state index contributed by atoms with van der Waals surface area (Å²) < 4.78 is 7.61. The van der Waals surface area contributed by atoms with E-state index < -0.39 is 0 Å². The Bertz CT molecular complexity index is 710. The topological polar surface area (TPSA) is 49.7 Å². The number of rotatable bonds is 4. The van der Waals surface area contributed by atoms with Crippen molar-refractivity contribution in [2.24, 2.45) is 0 Å². The molecule has 7 nitrogen and oxygen atoms in total. The normalized spacial score (nSPS) is 22.2. The van der Waals surface area contributed by atoms with Crippen LogP contribution in [0.1, 0.15) is 11.4 Å². The van der Waals surface area contributed by atoms with Crippen LogP contribution in [0.3, 0.4) is 0 Å². The number of hydrogen-bond acceptors (Lipinski definition) is 6. The van der Waals surface area contributed by atoms with Gasteiger partial charge in [0.2, 0.25) is 0 Å². The van der Waals surface area contributed by atoms with Crippen LogP contribution in [0.25, 0.3) is 0 Å². The maximum atomic E-state index is 5.50. The Labute approximate surface area is 154 Å². The molecule has 0 radical (unpaired) electrons. The summed E-state index contributed by atoms with van der Waals surface area (Å²) in [5.41, 5.74) is 2.40. The predicted octanol–water partition coefficient (Wildman–Crippen LogP) is 0.815. The fourth-order valence-electron chi connectivity index (χ4n) is 4.22. The summed E-state index contributed by atoms with van der Waals surface area (Å²) in [5.74, 6) is 1.11. The average Bonchev–Trinajstić information content (AvgIpc) is 3.08. The Kier molecular flexibility index (Phi) is 4.36. The van der Waals surface area contributed by atoms with Gasteiger partial charge in [0.05, 0.1) is 31.1 Å². The molecule has 0 amide bonds. The van der Waals surface area contributed by atoms with Gasteiger partial charge in [0.15, 0.2) is 0 Å². The smallest absolute Gasteiger partial charge is 0.128 e. The lowest BCUT2D eigenvalue weighted by atomic mass is 10.1. The lowest BCUT2D eigenvalue weighted by Crippen LogP contribution is -2.62. The summed E-state index contributed by atoms with van der Waals surface area (Å²) in [6.07, 6.45) is 1.88. The molecule has 2 fully saturated rings. The van der Waals surface area contributed by atoms with Gasteiger partial charge < -0.3 is 9.64 Å². The number of piperazine rings is 1. The third-order valence-electron chi connectivity index (χ3n) is 5.74. The number of aromatic nitrogens is 3. The van der Waals surface area contributed by atoms with Gasteiger partial charge in [-0.05, 0) is 18.2 Å². The molecule has 0 saturated carbocycles. The molecule has 0 N–H and O–H groups in total. The van der Waals surface area contributed by atoms with E-state index in [9.17, 15) is 0 Å². The molecule has 2 aromatic heterocycles. The first-order valence-corrected chi connectivity index (χ1v) is 9.61. The standard InChI is InChI=1S/C19H26N6O/c1-2-4-20-19(3-1)24-7-5-23(6-8-24)18-13-22(14-18)12-16-11-17-15-26-10-9-25(17)21-16/h1-4,11,18H,5-10,12-15H2. The Hall–Kier alpha value is -1.96. The Morgan fingerprint density at radius 2 is 1.96 bits per heavy atom. The molecular formula is C19H26N6O. The largest absolute Gasteiger partial charge is 0.373 e. The molecule has 138 valence electrons. The SMILES string of the molecule is c1ccc(N2CCN(C3CN(Cc4cc5n(n4)CCOC5)C3)CC2)nc1. The molecule has 3 aliphatic rings. The van der Waals surface area contributed by atoms with Crippen molar-refractivity contribution in [2.75, 3.05) is 50.8 Å². The summed E-state index contributed by atoms with van der Waals surface area (Å²) in [4.78, 5) is 12.0. The van der Waals surface area contributed by atoms with Gasteiger partial charge in [-0.25, -0.2) is 4.98 Å². The maximum Gasteiger partial charge on any atom is 0.128 e. The van der Waals surface area contributed by atoms with Crippen LogP contribution in [0.2, 0.25) is 0 Å². The van der Waals surface area contributed by atoms with E-state index in [1.165, 1.54) is 11.4 Å². The van der Waals surface area contributed by atoms with Gasteiger partial charge in [0.25, 0.3) is 0 Å². The van der Waals surface area contributed by atoms with Crippen LogP contribution in [0.5, 0.6) is 0 Å². The number of hydrogen-bond donors (Lipinski definition) is 0. The zero-order chi connectivity index (χ0) is 17.3. The van der Waals surface area contributed by atoms with Gasteiger partial charge in [0, 0.05) is 58.1 Å². The Balaban J connectivity index is 1.09. The molecule has 0 spiro atoms. The van der Waals surface area contributed by atoms with Crippen molar-refractivity contribution in [3.8, 4) is 0 Å². The molecule has 0 bridgehead atoms. The molecule has 0 aliphatic carbocycles. The number of anilines is 1. The molecule has 0 aromatic carbocycles. The maximum absolute atomic E-state index is 5.50. The van der Waals surface area contributed by atoms with Crippen LogP contribution >= 0.6 is 0 Å². The minimum Gasteiger partial charge on any atom is -0.373 e. The zero-order valence-electron chi connectivity index (χ0n) is 15.1. The van der Waals surface area contributed by atoms with Crippen LogP contribution in [-0.4, -0.2) is 76.5 Å². The molecule has 26 heavy (non-hydrogen) atoms. The Morgan fingerprint density at radius 1 is 1.08 bits per heavy atom. The molecule has 0 atom stereocenters. The van der Waals surface area contributed by atoms with Crippen molar-refractivity contribution in [3.63, 3.8) is 0 Å². The van der Waals surface area contributed by atoms with E-state index in [0.717, 1.165) is 64.8 Å². The van der Waals surface area contributed by atoms with Gasteiger partial charge in [-0.2, -0.15) is 5.10 Å². The number of likely N-dealkylation sites (tertiary alicyclic amines) is 1. The quantitative estimate of drug-likeness (QED) is 0.810. The van der Waals surface area contributed by atoms with Gasteiger partial charge >= 0.3 is 0 Å². The van der Waals surface area contributed by atoms with Crippen LogP contribution in [0.15, 0.2) is 30.5 Å². The highest BCUT2D eigenvalue weighted by Gasteiger charge is 2.34. The summed E-state index contributed by atoms with van der Waals surface area (Å²) in [6.45, 7) is 10.0. The number of fused-ring (bicyclic) bond motifs is 1. The minimum absolute atomic E-state index is 0.696. The van der Waals surface area contributed by atoms with E-state index in [1.54, 1.807) is 0 Å². The highest BCUT2D eigenvalue weighted by atomic mass is 16.5. The highest BCUT2D eigenvalue weighted by Crippen LogP contribution is 2.21. The van der Waals surface area contributed by atoms with Gasteiger partial charge in [-0.3, -0.25) is 14.5 Å². The van der Waals surface area contributed by atoms with Crippen molar-refractivity contribution in [1.82, 2.24) is 24.6 Å². The average molecular weight is 354 g/mol. The third kappa shape index (κ3) is 3.22. The van der Waals surface area contributed by atoms with E-state index in [0.29, 0.717) is 12.6 Å². The zero-order valence-corrected chi connectivity index (χ0v) is 15.1. The van der Waals surface area contributed by atoms with Crippen molar-refractivity contribution >= 4 is 5.82 Å². The van der Waals surface area contributed by atoms with Crippen LogP contribution in [0, 0.1) is 0 Å². The molecule has 7 heteroatoms. The number of nitrogens with zero attached hydrogens (tertiary/aromatic N) is 6. The molecule has 0 unspecified atom stereocenters. The van der Waals surface area contributed by atoms with E-state index in [-0.39, 0.29) is 0 Å². The second-order valence-corrected chi connectivity index (χ2v) is 7.46. The van der Waals surface area contributed by atoms with Crippen LogP contribution < -0.4 is 4.90 Å². The summed E-state index contributed by atoms with van der Waals surface area (Å²) in [6, 6.07) is 9.06. The monoisotopic (exact) mass is 354 g/mol. The summed E-state index contributed by atoms with van der Waals surface area (Å²) in [5, 5.41) is 4.72. The number of ether oxygens (including phenoxy) is 1. The Morgan fingerprint density at radius 3 is 2.73 bits per heavy atom. The number of pyridine rings is 1. The second-order valence-electron chi connectivity index (χ2n) is 7.46. The van der Waals surface area contributed by atoms with Crippen molar-refractivity contribution in [2.45, 2.75) is 25.7 Å². The molecular weight excluding hydrogens is 328 g/mol. The summed E-state index contributed by atoms with van der Waals surface area (Å²) in [7, 11) is 0. The van der Waals surface area contributed by atoms with E-state index in [4.69, 9.17) is 9.84 Å². The van der Waals surface area contributed by atoms with Gasteiger partial charge in [0.1, 0.15) is 5.82 Å². The van der Waals surface area contributed by atoms with Crippen molar-refractivity contribution in [1.29, 1.82) is 0 Å². The predicted molar refractivity (Wildman–Crippen MR) is 99.0 cm³/mol. The molecule has 2 aromatic rings. The first kappa shape index (κ1) is 16.2. The summed E-state index contributed by atoms with van der Waals surface area (Å²) >= 11 is 0. The van der Waals surface area contributed by atoms with Crippen LogP contribution in [-0.2, 0) is 24.4 Å². The van der Waals surface area contributed by atoms with Crippen LogP contribution in [0.4, 0.5) is 5.82 Å².